The standard InChI is InChI=1S/C17H22O/c1-5-13(2)15(4)17(12-11-14(3)18)16-9-7-6-8-10-16/h6-12,18H,5H2,1-4H3/b14-11+,15-13?,17-12+. The van der Waals surface area contributed by atoms with Crippen LogP contribution in [-0.2, 0) is 0 Å². The predicted molar refractivity (Wildman–Crippen MR) is 79.5 cm³/mol. The Balaban J connectivity index is 3.29. The van der Waals surface area contributed by atoms with E-state index in [2.05, 4.69) is 32.9 Å². The van der Waals surface area contributed by atoms with Gasteiger partial charge in [-0.05, 0) is 50.0 Å². The van der Waals surface area contributed by atoms with Crippen molar-refractivity contribution in [3.05, 3.63) is 65.0 Å². The lowest BCUT2D eigenvalue weighted by molar-refractivity contribution is 0.414. The molecule has 0 unspecified atom stereocenters. The van der Waals surface area contributed by atoms with Crippen LogP contribution in [0.5, 0.6) is 0 Å². The Kier molecular flexibility index (Phi) is 5.44. The van der Waals surface area contributed by atoms with Crippen LogP contribution in [0.3, 0.4) is 0 Å². The summed E-state index contributed by atoms with van der Waals surface area (Å²) in [6, 6.07) is 10.3. The minimum Gasteiger partial charge on any atom is -0.513 e. The maximum atomic E-state index is 9.33. The summed E-state index contributed by atoms with van der Waals surface area (Å²) in [6.07, 6.45) is 4.77. The first-order chi connectivity index (χ1) is 8.56. The summed E-state index contributed by atoms with van der Waals surface area (Å²) < 4.78 is 0. The molecule has 0 radical (unpaired) electrons. The smallest absolute Gasteiger partial charge is 0.0891 e. The van der Waals surface area contributed by atoms with Gasteiger partial charge in [-0.1, -0.05) is 48.9 Å². The normalized spacial score (nSPS) is 14.4. The fraction of sp³-hybridized carbons (Fsp3) is 0.294. The van der Waals surface area contributed by atoms with E-state index in [0.717, 1.165) is 6.42 Å². The molecule has 0 amide bonds. The number of allylic oxidation sites excluding steroid dienone is 6. The molecule has 0 saturated carbocycles. The van der Waals surface area contributed by atoms with Crippen LogP contribution in [-0.4, -0.2) is 5.11 Å². The van der Waals surface area contributed by atoms with Gasteiger partial charge in [0.2, 0.25) is 0 Å². The van der Waals surface area contributed by atoms with Crippen molar-refractivity contribution >= 4 is 5.57 Å². The Morgan fingerprint density at radius 2 is 1.67 bits per heavy atom. The van der Waals surface area contributed by atoms with E-state index in [0.29, 0.717) is 5.76 Å². The van der Waals surface area contributed by atoms with E-state index in [9.17, 15) is 5.11 Å². The maximum Gasteiger partial charge on any atom is 0.0891 e. The Hall–Kier alpha value is -1.76. The van der Waals surface area contributed by atoms with Crippen molar-refractivity contribution in [2.24, 2.45) is 0 Å². The van der Waals surface area contributed by atoms with Crippen molar-refractivity contribution in [1.29, 1.82) is 0 Å². The molecular formula is C17H22O. The maximum absolute atomic E-state index is 9.33. The molecule has 0 aliphatic carbocycles. The first-order valence-electron chi connectivity index (χ1n) is 6.36. The van der Waals surface area contributed by atoms with Gasteiger partial charge in [0.25, 0.3) is 0 Å². The second-order valence-corrected chi connectivity index (χ2v) is 4.51. The SMILES string of the molecule is CCC(C)=C(C)/C(=C\C=C(/C)O)c1ccccc1. The fourth-order valence-corrected chi connectivity index (χ4v) is 1.75. The van der Waals surface area contributed by atoms with Gasteiger partial charge in [0.15, 0.2) is 0 Å². The van der Waals surface area contributed by atoms with Gasteiger partial charge in [-0.25, -0.2) is 0 Å². The van der Waals surface area contributed by atoms with Crippen molar-refractivity contribution < 1.29 is 5.11 Å². The van der Waals surface area contributed by atoms with Crippen molar-refractivity contribution in [3.63, 3.8) is 0 Å². The second kappa shape index (κ2) is 6.85. The van der Waals surface area contributed by atoms with Crippen LogP contribution >= 0.6 is 0 Å². The highest BCUT2D eigenvalue weighted by Gasteiger charge is 2.05. The van der Waals surface area contributed by atoms with Crippen molar-refractivity contribution in [3.8, 4) is 0 Å². The van der Waals surface area contributed by atoms with E-state index < -0.39 is 0 Å². The third-order valence-corrected chi connectivity index (χ3v) is 3.15. The van der Waals surface area contributed by atoms with Gasteiger partial charge in [0, 0.05) is 0 Å². The molecule has 0 aromatic heterocycles. The molecular weight excluding hydrogens is 220 g/mol. The molecule has 0 bridgehead atoms. The van der Waals surface area contributed by atoms with Crippen molar-refractivity contribution in [2.75, 3.05) is 0 Å². The molecule has 18 heavy (non-hydrogen) atoms. The summed E-state index contributed by atoms with van der Waals surface area (Å²) in [5, 5.41) is 9.33. The van der Waals surface area contributed by atoms with E-state index in [1.54, 1.807) is 13.0 Å². The zero-order chi connectivity index (χ0) is 13.5. The Morgan fingerprint density at radius 3 is 2.17 bits per heavy atom. The van der Waals surface area contributed by atoms with E-state index in [1.807, 2.05) is 24.3 Å². The Bertz CT molecular complexity index is 472. The largest absolute Gasteiger partial charge is 0.513 e. The molecule has 1 heteroatoms. The quantitative estimate of drug-likeness (QED) is 0.562. The van der Waals surface area contributed by atoms with Crippen LogP contribution < -0.4 is 0 Å². The summed E-state index contributed by atoms with van der Waals surface area (Å²) in [5.41, 5.74) is 5.00. The zero-order valence-electron chi connectivity index (χ0n) is 11.7. The summed E-state index contributed by atoms with van der Waals surface area (Å²) in [7, 11) is 0. The van der Waals surface area contributed by atoms with Gasteiger partial charge in [-0.15, -0.1) is 0 Å². The Labute approximate surface area is 110 Å². The van der Waals surface area contributed by atoms with Gasteiger partial charge in [-0.2, -0.15) is 0 Å². The first-order valence-corrected chi connectivity index (χ1v) is 6.36. The number of aliphatic hydroxyl groups excluding tert-OH is 1. The highest BCUT2D eigenvalue weighted by molar-refractivity contribution is 5.80. The van der Waals surface area contributed by atoms with Crippen LogP contribution in [0.25, 0.3) is 5.57 Å². The highest BCUT2D eigenvalue weighted by atomic mass is 16.3. The van der Waals surface area contributed by atoms with Crippen LogP contribution in [0.2, 0.25) is 0 Å². The molecule has 0 atom stereocenters. The third kappa shape index (κ3) is 3.92. The van der Waals surface area contributed by atoms with Crippen LogP contribution in [0.4, 0.5) is 0 Å². The van der Waals surface area contributed by atoms with Gasteiger partial charge >= 0.3 is 0 Å². The minimum atomic E-state index is 0.324. The average molecular weight is 242 g/mol. The third-order valence-electron chi connectivity index (χ3n) is 3.15. The molecule has 1 nitrogen and oxygen atoms in total. The lowest BCUT2D eigenvalue weighted by Crippen LogP contribution is -1.90. The first kappa shape index (κ1) is 14.3. The minimum absolute atomic E-state index is 0.324. The Morgan fingerprint density at radius 1 is 1.06 bits per heavy atom. The van der Waals surface area contributed by atoms with Crippen LogP contribution in [0.1, 0.15) is 39.7 Å². The predicted octanol–water partition coefficient (Wildman–Crippen LogP) is 5.28. The van der Waals surface area contributed by atoms with E-state index in [-0.39, 0.29) is 0 Å². The summed E-state index contributed by atoms with van der Waals surface area (Å²) in [4.78, 5) is 0. The number of hydrogen-bond acceptors (Lipinski definition) is 1. The summed E-state index contributed by atoms with van der Waals surface area (Å²) >= 11 is 0. The van der Waals surface area contributed by atoms with Crippen molar-refractivity contribution in [1.82, 2.24) is 0 Å². The molecule has 0 aliphatic heterocycles. The molecule has 1 N–H and O–H groups in total. The molecule has 0 saturated heterocycles. The van der Waals surface area contributed by atoms with Gasteiger partial charge in [-0.3, -0.25) is 0 Å². The van der Waals surface area contributed by atoms with E-state index in [1.165, 1.54) is 22.3 Å². The topological polar surface area (TPSA) is 20.2 Å². The lowest BCUT2D eigenvalue weighted by atomic mass is 9.94. The van der Waals surface area contributed by atoms with Gasteiger partial charge in [0.1, 0.15) is 0 Å². The fourth-order valence-electron chi connectivity index (χ4n) is 1.75. The van der Waals surface area contributed by atoms with E-state index in [4.69, 9.17) is 0 Å². The molecule has 0 aliphatic rings. The molecule has 0 spiro atoms. The monoisotopic (exact) mass is 242 g/mol. The molecule has 1 aromatic carbocycles. The zero-order valence-corrected chi connectivity index (χ0v) is 11.7. The van der Waals surface area contributed by atoms with E-state index >= 15 is 0 Å². The highest BCUT2D eigenvalue weighted by Crippen LogP contribution is 2.26. The van der Waals surface area contributed by atoms with Gasteiger partial charge in [0.05, 0.1) is 5.76 Å². The van der Waals surface area contributed by atoms with Gasteiger partial charge < -0.3 is 5.11 Å². The number of hydrogen-bond donors (Lipinski definition) is 1. The molecule has 0 fully saturated rings. The molecule has 1 aromatic rings. The average Bonchev–Trinajstić information content (AvgIpc) is 2.38. The molecule has 0 heterocycles. The second-order valence-electron chi connectivity index (χ2n) is 4.51. The lowest BCUT2D eigenvalue weighted by Gasteiger charge is -2.11. The molecule has 1 rings (SSSR count). The number of rotatable bonds is 4. The van der Waals surface area contributed by atoms with Crippen molar-refractivity contribution in [2.45, 2.75) is 34.1 Å². The number of benzene rings is 1. The van der Waals surface area contributed by atoms with Crippen LogP contribution in [0.15, 0.2) is 59.4 Å². The van der Waals surface area contributed by atoms with Crippen LogP contribution in [0, 0.1) is 0 Å². The summed E-state index contributed by atoms with van der Waals surface area (Å²) in [6.45, 7) is 8.14. The number of aliphatic hydroxyl groups is 1. The summed E-state index contributed by atoms with van der Waals surface area (Å²) in [5.74, 6) is 0.324. The molecule has 96 valence electrons.